The zero-order valence-corrected chi connectivity index (χ0v) is 30.5. The summed E-state index contributed by atoms with van der Waals surface area (Å²) in [5.41, 5.74) is -1.19. The molecular weight excluding hydrogens is 699 g/mol. The number of phenolic OH excluding ortho intramolecular Hbond substituents is 2. The average Bonchev–Trinajstić information content (AvgIpc) is 3.14. The molecule has 1 unspecified atom stereocenters. The van der Waals surface area contributed by atoms with Crippen LogP contribution in [0.5, 0.6) is 17.2 Å². The van der Waals surface area contributed by atoms with Crippen LogP contribution >= 0.6 is 21.6 Å². The van der Waals surface area contributed by atoms with E-state index in [1.807, 2.05) is 25.1 Å². The molecule has 0 saturated heterocycles. The van der Waals surface area contributed by atoms with Gasteiger partial charge in [0.1, 0.15) is 28.9 Å². The normalized spacial score (nSPS) is 16.6. The van der Waals surface area contributed by atoms with Crippen molar-refractivity contribution in [1.29, 1.82) is 0 Å². The summed E-state index contributed by atoms with van der Waals surface area (Å²) in [4.78, 5) is 72.6. The first kappa shape index (κ1) is 37.5. The van der Waals surface area contributed by atoms with E-state index in [1.54, 1.807) is 26.2 Å². The average molecular weight is 738 g/mol. The number of aromatic nitrogens is 1. The minimum absolute atomic E-state index is 0.0118. The van der Waals surface area contributed by atoms with Gasteiger partial charge in [0.2, 0.25) is 5.78 Å². The molecule has 3 aromatic rings. The summed E-state index contributed by atoms with van der Waals surface area (Å²) in [7, 11) is 7.43. The molecule has 1 heterocycles. The van der Waals surface area contributed by atoms with Crippen molar-refractivity contribution < 1.29 is 48.4 Å². The SMILES string of the molecule is COc1cccc2c1C(=O)c1c(O)c3c(c(O)c1C2=O)C[C@@](C)(C(=O)COC(=O)N(C)CCN(C)C(=O)OCC(C)SSc1ccccn1)CC3. The Balaban J connectivity index is 1.14. The van der Waals surface area contributed by atoms with E-state index in [0.717, 1.165) is 5.03 Å². The molecule has 15 heteroatoms. The largest absolute Gasteiger partial charge is 0.507 e. The van der Waals surface area contributed by atoms with Crippen molar-refractivity contribution in [3.63, 3.8) is 0 Å². The number of ether oxygens (including phenoxy) is 3. The van der Waals surface area contributed by atoms with Crippen molar-refractivity contribution in [2.24, 2.45) is 5.41 Å². The summed E-state index contributed by atoms with van der Waals surface area (Å²) in [5, 5.41) is 23.5. The number of benzene rings is 2. The Labute approximate surface area is 303 Å². The van der Waals surface area contributed by atoms with Gasteiger partial charge in [-0.25, -0.2) is 14.6 Å². The summed E-state index contributed by atoms with van der Waals surface area (Å²) in [6.45, 7) is 3.50. The number of likely N-dealkylation sites (N-methyl/N-ethyl adjacent to an activating group) is 2. The van der Waals surface area contributed by atoms with Crippen LogP contribution in [0.15, 0.2) is 47.6 Å². The Hall–Kier alpha value is -4.76. The predicted octanol–water partition coefficient (Wildman–Crippen LogP) is 5.31. The first-order valence-corrected chi connectivity index (χ1v) is 18.4. The Morgan fingerprint density at radius 3 is 2.25 bits per heavy atom. The fourth-order valence-corrected chi connectivity index (χ4v) is 7.85. The lowest BCUT2D eigenvalue weighted by molar-refractivity contribution is -0.131. The maximum absolute atomic E-state index is 13.5. The lowest BCUT2D eigenvalue weighted by atomic mass is 9.68. The zero-order valence-electron chi connectivity index (χ0n) is 28.9. The molecule has 2 atom stereocenters. The van der Waals surface area contributed by atoms with Crippen molar-refractivity contribution in [3.05, 3.63) is 76.0 Å². The zero-order chi connectivity index (χ0) is 37.0. The highest BCUT2D eigenvalue weighted by molar-refractivity contribution is 8.76. The molecule has 0 aliphatic heterocycles. The predicted molar refractivity (Wildman–Crippen MR) is 190 cm³/mol. The third-order valence-electron chi connectivity index (χ3n) is 9.10. The fourth-order valence-electron chi connectivity index (χ4n) is 5.98. The Kier molecular flexibility index (Phi) is 11.5. The number of amides is 2. The van der Waals surface area contributed by atoms with Crippen LogP contribution in [0.3, 0.4) is 0 Å². The molecular formula is C36H39N3O10S2. The highest BCUT2D eigenvalue weighted by atomic mass is 33.1. The second-order valence-electron chi connectivity index (χ2n) is 12.7. The van der Waals surface area contributed by atoms with Crippen molar-refractivity contribution in [2.45, 2.75) is 43.4 Å². The van der Waals surface area contributed by atoms with E-state index >= 15 is 0 Å². The van der Waals surface area contributed by atoms with E-state index in [2.05, 4.69) is 4.98 Å². The molecule has 0 saturated carbocycles. The number of carbonyl (C=O) groups excluding carboxylic acids is 5. The van der Waals surface area contributed by atoms with Crippen molar-refractivity contribution in [3.8, 4) is 17.2 Å². The highest BCUT2D eigenvalue weighted by Gasteiger charge is 2.44. The third kappa shape index (κ3) is 7.78. The smallest absolute Gasteiger partial charge is 0.409 e. The third-order valence-corrected chi connectivity index (χ3v) is 11.9. The van der Waals surface area contributed by atoms with E-state index in [-0.39, 0.29) is 83.3 Å². The summed E-state index contributed by atoms with van der Waals surface area (Å²) in [6, 6.07) is 10.2. The number of Topliss-reactive ketones (excluding diaryl/α,β-unsaturated/α-hetero) is 1. The van der Waals surface area contributed by atoms with Crippen LogP contribution in [0.4, 0.5) is 9.59 Å². The van der Waals surface area contributed by atoms with E-state index in [4.69, 9.17) is 14.2 Å². The lowest BCUT2D eigenvalue weighted by Gasteiger charge is -2.35. The lowest BCUT2D eigenvalue weighted by Crippen LogP contribution is -2.41. The number of ketones is 3. The molecule has 51 heavy (non-hydrogen) atoms. The van der Waals surface area contributed by atoms with Crippen molar-refractivity contribution in [2.75, 3.05) is 47.5 Å². The number of rotatable bonds is 12. The molecule has 0 spiro atoms. The number of fused-ring (bicyclic) bond motifs is 3. The maximum atomic E-state index is 13.5. The van der Waals surface area contributed by atoms with E-state index in [9.17, 15) is 34.2 Å². The van der Waals surface area contributed by atoms with Gasteiger partial charge in [-0.3, -0.25) is 14.4 Å². The van der Waals surface area contributed by atoms with Crippen molar-refractivity contribution in [1.82, 2.24) is 14.8 Å². The number of methoxy groups -OCH3 is 1. The van der Waals surface area contributed by atoms with Crippen LogP contribution in [-0.2, 0) is 27.1 Å². The number of phenols is 2. The van der Waals surface area contributed by atoms with E-state index in [1.165, 1.54) is 57.7 Å². The van der Waals surface area contributed by atoms with Crippen LogP contribution in [-0.4, -0.2) is 107 Å². The van der Waals surface area contributed by atoms with Gasteiger partial charge in [-0.15, -0.1) is 0 Å². The Bertz CT molecular complexity index is 1870. The maximum Gasteiger partial charge on any atom is 0.409 e. The number of aromatic hydroxyl groups is 2. The molecule has 0 fully saturated rings. The van der Waals surface area contributed by atoms with E-state index < -0.39 is 53.1 Å². The monoisotopic (exact) mass is 737 g/mol. The summed E-state index contributed by atoms with van der Waals surface area (Å²) >= 11 is 0. The number of carbonyl (C=O) groups is 5. The van der Waals surface area contributed by atoms with Gasteiger partial charge in [0.15, 0.2) is 18.2 Å². The van der Waals surface area contributed by atoms with Crippen molar-refractivity contribution >= 4 is 51.1 Å². The molecule has 2 amide bonds. The van der Waals surface area contributed by atoms with Gasteiger partial charge < -0.3 is 34.2 Å². The molecule has 5 rings (SSSR count). The number of hydrogen-bond donors (Lipinski definition) is 2. The van der Waals surface area contributed by atoms with Gasteiger partial charge in [0.05, 0.1) is 23.8 Å². The second-order valence-corrected chi connectivity index (χ2v) is 15.4. The molecule has 270 valence electrons. The van der Waals surface area contributed by atoms with Gasteiger partial charge in [0.25, 0.3) is 0 Å². The Morgan fingerprint density at radius 1 is 0.922 bits per heavy atom. The minimum Gasteiger partial charge on any atom is -0.507 e. The topological polar surface area (TPSA) is 173 Å². The van der Waals surface area contributed by atoms with E-state index in [0.29, 0.717) is 0 Å². The molecule has 2 aliphatic carbocycles. The van der Waals surface area contributed by atoms with Gasteiger partial charge in [0, 0.05) is 60.7 Å². The van der Waals surface area contributed by atoms with Crippen LogP contribution in [0.1, 0.15) is 63.2 Å². The molecule has 2 aromatic carbocycles. The van der Waals surface area contributed by atoms with Gasteiger partial charge in [-0.1, -0.05) is 35.9 Å². The summed E-state index contributed by atoms with van der Waals surface area (Å²) < 4.78 is 16.0. The number of hydrogen-bond acceptors (Lipinski definition) is 13. The first-order chi connectivity index (χ1) is 24.3. The molecule has 1 aromatic heterocycles. The highest BCUT2D eigenvalue weighted by Crippen LogP contribution is 2.49. The summed E-state index contributed by atoms with van der Waals surface area (Å²) in [5.74, 6) is -2.40. The van der Waals surface area contributed by atoms with Gasteiger partial charge in [-0.2, -0.15) is 0 Å². The van der Waals surface area contributed by atoms with Gasteiger partial charge >= 0.3 is 12.2 Å². The summed E-state index contributed by atoms with van der Waals surface area (Å²) in [6.07, 6.45) is 0.696. The number of pyridine rings is 1. The second kappa shape index (κ2) is 15.6. The molecule has 0 radical (unpaired) electrons. The molecule has 2 N–H and O–H groups in total. The van der Waals surface area contributed by atoms with Crippen LogP contribution in [0, 0.1) is 5.41 Å². The van der Waals surface area contributed by atoms with Crippen LogP contribution < -0.4 is 4.74 Å². The standard InChI is InChI=1S/C36H39N3O10S2/c1-20(50-51-26-11-6-7-14-37-26)18-48-34(45)38(3)15-16-39(4)35(46)49-19-25(40)36(2)13-12-21-23(17-36)32(43)28-29(30(21)41)33(44)27-22(31(28)42)9-8-10-24(27)47-5/h6-11,14,20,41,43H,12-13,15-19H2,1-5H3/t20?,36-/m0/s1. The first-order valence-electron chi connectivity index (χ1n) is 16.2. The molecule has 0 bridgehead atoms. The quantitative estimate of drug-likeness (QED) is 0.142. The van der Waals surface area contributed by atoms with Crippen LogP contribution in [0.2, 0.25) is 0 Å². The molecule has 2 aliphatic rings. The molecule has 13 nitrogen and oxygen atoms in total. The van der Waals surface area contributed by atoms with Crippen LogP contribution in [0.25, 0.3) is 0 Å². The Morgan fingerprint density at radius 2 is 1.59 bits per heavy atom. The van der Waals surface area contributed by atoms with Gasteiger partial charge in [-0.05, 0) is 55.2 Å². The minimum atomic E-state index is -1.11. The number of nitrogens with zero attached hydrogens (tertiary/aromatic N) is 3. The fraction of sp³-hybridized carbons (Fsp3) is 0.389.